The van der Waals surface area contributed by atoms with E-state index in [1.54, 1.807) is 4.90 Å². The third-order valence-corrected chi connectivity index (χ3v) is 13.8. The third kappa shape index (κ3) is 8.36. The Kier molecular flexibility index (Phi) is 11.1. The molecule has 6 nitrogen and oxygen atoms in total. The minimum atomic E-state index is -3.23. The second-order valence-electron chi connectivity index (χ2n) is 11.0. The molecule has 0 aromatic heterocycles. The number of ether oxygens (including phenoxy) is 1. The molecule has 0 bridgehead atoms. The zero-order valence-corrected chi connectivity index (χ0v) is 27.2. The molecule has 0 radical (unpaired) electrons. The number of esters is 1. The Bertz CT molecular complexity index is 1350. The van der Waals surface area contributed by atoms with Crippen molar-refractivity contribution >= 4 is 42.8 Å². The highest BCUT2D eigenvalue weighted by molar-refractivity contribution is 8.21. The fourth-order valence-electron chi connectivity index (χ4n) is 5.84. The molecule has 2 atom stereocenters. The molecule has 2 saturated heterocycles. The molecule has 0 saturated carbocycles. The SMILES string of the molecule is CCOP(=O)(CCCCc1ccccc1)CC(=O)N1CC2(C[C@H]1C(=O)OC(c1ccccc1)c1ccccc1)SCCS2. The van der Waals surface area contributed by atoms with E-state index in [0.717, 1.165) is 35.5 Å². The van der Waals surface area contributed by atoms with Crippen LogP contribution in [-0.2, 0) is 29.8 Å². The Balaban J connectivity index is 1.30. The van der Waals surface area contributed by atoms with Gasteiger partial charge in [0.05, 0.1) is 10.7 Å². The number of unbranched alkanes of at least 4 members (excludes halogenated alkanes) is 1. The lowest BCUT2D eigenvalue weighted by Gasteiger charge is -2.28. The predicted octanol–water partition coefficient (Wildman–Crippen LogP) is 7.43. The number of amides is 1. The molecule has 3 aromatic carbocycles. The summed E-state index contributed by atoms with van der Waals surface area (Å²) in [5, 5.41) is 0. The summed E-state index contributed by atoms with van der Waals surface area (Å²) < 4.78 is 25.7. The van der Waals surface area contributed by atoms with Gasteiger partial charge in [0.15, 0.2) is 6.10 Å². The highest BCUT2D eigenvalue weighted by Crippen LogP contribution is 2.53. The van der Waals surface area contributed by atoms with Crippen LogP contribution in [0.5, 0.6) is 0 Å². The summed E-state index contributed by atoms with van der Waals surface area (Å²) in [5.74, 6) is 1.24. The van der Waals surface area contributed by atoms with Gasteiger partial charge in [-0.25, -0.2) is 4.79 Å². The van der Waals surface area contributed by atoms with E-state index >= 15 is 0 Å². The molecule has 0 N–H and O–H groups in total. The molecule has 2 aliphatic heterocycles. The van der Waals surface area contributed by atoms with Gasteiger partial charge in [-0.05, 0) is 42.9 Å². The normalized spacial score (nSPS) is 19.0. The van der Waals surface area contributed by atoms with E-state index in [4.69, 9.17) is 9.26 Å². The van der Waals surface area contributed by atoms with Crippen molar-refractivity contribution in [3.63, 3.8) is 0 Å². The zero-order chi connectivity index (χ0) is 30.1. The lowest BCUT2D eigenvalue weighted by Crippen LogP contribution is -2.43. The minimum Gasteiger partial charge on any atom is -0.451 e. The first kappa shape index (κ1) is 31.9. The molecule has 9 heteroatoms. The van der Waals surface area contributed by atoms with E-state index in [0.29, 0.717) is 25.5 Å². The van der Waals surface area contributed by atoms with Crippen LogP contribution in [-0.4, -0.2) is 63.9 Å². The summed E-state index contributed by atoms with van der Waals surface area (Å²) >= 11 is 3.62. The van der Waals surface area contributed by atoms with Crippen LogP contribution in [0.15, 0.2) is 91.0 Å². The van der Waals surface area contributed by atoms with Crippen molar-refractivity contribution in [1.82, 2.24) is 4.90 Å². The average molecular weight is 638 g/mol. The number of hydrogen-bond acceptors (Lipinski definition) is 7. The lowest BCUT2D eigenvalue weighted by atomic mass is 10.0. The monoisotopic (exact) mass is 637 g/mol. The van der Waals surface area contributed by atoms with E-state index in [2.05, 4.69) is 12.1 Å². The number of rotatable bonds is 13. The first-order chi connectivity index (χ1) is 20.9. The highest BCUT2D eigenvalue weighted by Gasteiger charge is 2.52. The van der Waals surface area contributed by atoms with Crippen LogP contribution >= 0.6 is 30.9 Å². The van der Waals surface area contributed by atoms with Crippen molar-refractivity contribution in [2.75, 3.05) is 37.0 Å². The van der Waals surface area contributed by atoms with Gasteiger partial charge in [-0.3, -0.25) is 9.36 Å². The second-order valence-corrected chi connectivity index (χ2v) is 16.9. The van der Waals surface area contributed by atoms with Gasteiger partial charge in [0.25, 0.3) is 0 Å². The second kappa shape index (κ2) is 15.0. The Labute approximate surface area is 263 Å². The number of thioether (sulfide) groups is 2. The molecule has 2 heterocycles. The van der Waals surface area contributed by atoms with Crippen LogP contribution in [0, 0.1) is 0 Å². The van der Waals surface area contributed by atoms with Crippen LogP contribution < -0.4 is 0 Å². The van der Waals surface area contributed by atoms with Gasteiger partial charge in [-0.15, -0.1) is 23.5 Å². The molecule has 43 heavy (non-hydrogen) atoms. The quantitative estimate of drug-likeness (QED) is 0.110. The van der Waals surface area contributed by atoms with Crippen LogP contribution in [0.4, 0.5) is 0 Å². The standard InChI is InChI=1S/C34H40NO5PS2/c1-2-39-41(38,21-13-12-16-27-14-6-3-7-15-27)25-31(36)35-26-34(42-22-23-43-34)24-30(35)33(37)40-32(28-17-8-4-9-18-28)29-19-10-5-11-20-29/h3-11,14-15,17-20,30,32H,2,12-13,16,21-26H2,1H3/t30-,41?/m0/s1. The summed E-state index contributed by atoms with van der Waals surface area (Å²) in [7, 11) is -3.23. The average Bonchev–Trinajstić information content (AvgIpc) is 3.66. The smallest absolute Gasteiger partial charge is 0.329 e. The fraction of sp³-hybridized carbons (Fsp3) is 0.412. The van der Waals surface area contributed by atoms with Crippen molar-refractivity contribution in [2.45, 2.75) is 48.8 Å². The summed E-state index contributed by atoms with van der Waals surface area (Å²) in [4.78, 5) is 29.5. The van der Waals surface area contributed by atoms with Gasteiger partial charge >= 0.3 is 5.97 Å². The number of benzene rings is 3. The molecule has 1 amide bonds. The molecule has 1 spiro atoms. The molecular formula is C34H40NO5PS2. The summed E-state index contributed by atoms with van der Waals surface area (Å²) in [6.45, 7) is 2.52. The topological polar surface area (TPSA) is 72.9 Å². The maximum atomic E-state index is 14.0. The molecule has 3 aromatic rings. The van der Waals surface area contributed by atoms with E-state index < -0.39 is 25.5 Å². The van der Waals surface area contributed by atoms with Gasteiger partial charge in [0.1, 0.15) is 12.2 Å². The predicted molar refractivity (Wildman–Crippen MR) is 177 cm³/mol. The van der Waals surface area contributed by atoms with Crippen molar-refractivity contribution < 1.29 is 23.4 Å². The molecule has 2 aliphatic rings. The molecule has 1 unspecified atom stereocenters. The van der Waals surface area contributed by atoms with Crippen molar-refractivity contribution in [1.29, 1.82) is 0 Å². The van der Waals surface area contributed by atoms with E-state index in [9.17, 15) is 14.2 Å². The van der Waals surface area contributed by atoms with Gasteiger partial charge in [0.2, 0.25) is 13.3 Å². The first-order valence-electron chi connectivity index (χ1n) is 15.0. The summed E-state index contributed by atoms with van der Waals surface area (Å²) in [6, 6.07) is 28.8. The maximum absolute atomic E-state index is 14.0. The van der Waals surface area contributed by atoms with Gasteiger partial charge in [-0.1, -0.05) is 91.0 Å². The fourth-order valence-corrected chi connectivity index (χ4v) is 11.2. The maximum Gasteiger partial charge on any atom is 0.329 e. The number of hydrogen-bond donors (Lipinski definition) is 0. The van der Waals surface area contributed by atoms with Crippen LogP contribution in [0.1, 0.15) is 49.0 Å². The van der Waals surface area contributed by atoms with Crippen LogP contribution in [0.2, 0.25) is 0 Å². The lowest BCUT2D eigenvalue weighted by molar-refractivity contribution is -0.156. The van der Waals surface area contributed by atoms with E-state index in [1.807, 2.05) is 109 Å². The molecule has 0 aliphatic carbocycles. The summed E-state index contributed by atoms with van der Waals surface area (Å²) in [6.07, 6.45) is 2.54. The van der Waals surface area contributed by atoms with Crippen LogP contribution in [0.25, 0.3) is 0 Å². The Hall–Kier alpha value is -2.51. The minimum absolute atomic E-state index is 0.192. The molecule has 228 valence electrons. The van der Waals surface area contributed by atoms with Crippen molar-refractivity contribution in [3.05, 3.63) is 108 Å². The van der Waals surface area contributed by atoms with E-state index in [1.165, 1.54) is 5.56 Å². The largest absolute Gasteiger partial charge is 0.451 e. The van der Waals surface area contributed by atoms with Gasteiger partial charge in [0, 0.05) is 30.6 Å². The molecule has 2 fully saturated rings. The number of nitrogens with zero attached hydrogens (tertiary/aromatic N) is 1. The highest BCUT2D eigenvalue weighted by atomic mass is 32.2. The Morgan fingerprint density at radius 1 is 0.907 bits per heavy atom. The summed E-state index contributed by atoms with van der Waals surface area (Å²) in [5.41, 5.74) is 2.98. The van der Waals surface area contributed by atoms with Gasteiger partial charge in [-0.2, -0.15) is 0 Å². The zero-order valence-electron chi connectivity index (χ0n) is 24.6. The van der Waals surface area contributed by atoms with E-state index in [-0.39, 0.29) is 22.8 Å². The van der Waals surface area contributed by atoms with Gasteiger partial charge < -0.3 is 14.2 Å². The molecular weight excluding hydrogens is 597 g/mol. The number of likely N-dealkylation sites (tertiary alicyclic amines) is 1. The number of aryl methyl sites for hydroxylation is 1. The van der Waals surface area contributed by atoms with Crippen molar-refractivity contribution in [3.8, 4) is 0 Å². The third-order valence-electron chi connectivity index (χ3n) is 7.93. The number of carbonyl (C=O) groups is 2. The first-order valence-corrected chi connectivity index (χ1v) is 19.0. The van der Waals surface area contributed by atoms with Crippen molar-refractivity contribution in [2.24, 2.45) is 0 Å². The number of carbonyl (C=O) groups excluding carboxylic acids is 2. The van der Waals surface area contributed by atoms with Crippen LogP contribution in [0.3, 0.4) is 0 Å². The Morgan fingerprint density at radius 2 is 1.49 bits per heavy atom. The molecule has 5 rings (SSSR count). The Morgan fingerprint density at radius 3 is 2.07 bits per heavy atom.